The monoisotopic (exact) mass is 201 g/mol. The number of hydrogen-bond donors (Lipinski definition) is 3. The summed E-state index contributed by atoms with van der Waals surface area (Å²) in [6, 6.07) is 2.96. The van der Waals surface area contributed by atoms with E-state index in [1.165, 1.54) is 12.1 Å². The number of rotatable bonds is 2. The van der Waals surface area contributed by atoms with Gasteiger partial charge in [-0.05, 0) is 24.6 Å². The van der Waals surface area contributed by atoms with Gasteiger partial charge in [-0.15, -0.1) is 0 Å². The van der Waals surface area contributed by atoms with E-state index in [1.807, 2.05) is 0 Å². The molecule has 13 heavy (non-hydrogen) atoms. The van der Waals surface area contributed by atoms with Gasteiger partial charge in [-0.2, -0.15) is 0 Å². The fraction of sp³-hybridized carbons (Fsp3) is 0.333. The van der Waals surface area contributed by atoms with Crippen molar-refractivity contribution in [3.05, 3.63) is 28.3 Å². The zero-order valence-electron chi connectivity index (χ0n) is 7.29. The molecule has 0 aliphatic rings. The first-order valence-electron chi connectivity index (χ1n) is 3.93. The zero-order valence-corrected chi connectivity index (χ0v) is 8.04. The van der Waals surface area contributed by atoms with Crippen LogP contribution in [0.2, 0.25) is 5.02 Å². The molecule has 72 valence electrons. The molecule has 0 aliphatic heterocycles. The van der Waals surface area contributed by atoms with E-state index in [-0.39, 0.29) is 12.3 Å². The van der Waals surface area contributed by atoms with E-state index in [0.717, 1.165) is 5.56 Å². The summed E-state index contributed by atoms with van der Waals surface area (Å²) in [6.07, 6.45) is -0.821. The first kappa shape index (κ1) is 10.3. The van der Waals surface area contributed by atoms with Crippen molar-refractivity contribution in [3.63, 3.8) is 0 Å². The zero-order chi connectivity index (χ0) is 10.0. The summed E-state index contributed by atoms with van der Waals surface area (Å²) in [5.41, 5.74) is 6.48. The number of aromatic hydroxyl groups is 1. The number of aliphatic hydroxyl groups is 1. The second-order valence-corrected chi connectivity index (χ2v) is 3.30. The molecule has 3 nitrogen and oxygen atoms in total. The maximum absolute atomic E-state index is 9.44. The predicted octanol–water partition coefficient (Wildman–Crippen LogP) is 1.35. The second-order valence-electron chi connectivity index (χ2n) is 2.92. The van der Waals surface area contributed by atoms with Crippen LogP contribution in [0.1, 0.15) is 17.2 Å². The lowest BCUT2D eigenvalue weighted by molar-refractivity contribution is 0.186. The lowest BCUT2D eigenvalue weighted by Crippen LogP contribution is -2.12. The molecule has 0 amide bonds. The molecule has 4 N–H and O–H groups in total. The third-order valence-electron chi connectivity index (χ3n) is 1.85. The van der Waals surface area contributed by atoms with Crippen LogP contribution in [0.15, 0.2) is 12.1 Å². The molecular formula is C9H12ClNO2. The van der Waals surface area contributed by atoms with E-state index in [4.69, 9.17) is 17.3 Å². The van der Waals surface area contributed by atoms with Crippen molar-refractivity contribution >= 4 is 11.6 Å². The Morgan fingerprint density at radius 2 is 2.15 bits per heavy atom. The average Bonchev–Trinajstić information content (AvgIpc) is 2.10. The summed E-state index contributed by atoms with van der Waals surface area (Å²) >= 11 is 5.91. The minimum absolute atomic E-state index is 0.0859. The van der Waals surface area contributed by atoms with Crippen LogP contribution in [0.5, 0.6) is 5.75 Å². The van der Waals surface area contributed by atoms with Gasteiger partial charge in [-0.25, -0.2) is 0 Å². The van der Waals surface area contributed by atoms with Gasteiger partial charge in [0.1, 0.15) is 5.75 Å². The van der Waals surface area contributed by atoms with Crippen LogP contribution in [-0.4, -0.2) is 16.8 Å². The maximum Gasteiger partial charge on any atom is 0.116 e. The average molecular weight is 202 g/mol. The standard InChI is InChI=1S/C9H12ClNO2/c1-5-2-6(12)3-7(9(5)10)8(13)4-11/h2-3,8,12-13H,4,11H2,1H3. The van der Waals surface area contributed by atoms with Gasteiger partial charge in [0.05, 0.1) is 6.10 Å². The van der Waals surface area contributed by atoms with E-state index >= 15 is 0 Å². The van der Waals surface area contributed by atoms with Gasteiger partial charge in [0.15, 0.2) is 0 Å². The number of halogens is 1. The minimum Gasteiger partial charge on any atom is -0.508 e. The fourth-order valence-corrected chi connectivity index (χ4v) is 1.38. The summed E-state index contributed by atoms with van der Waals surface area (Å²) < 4.78 is 0. The molecule has 0 heterocycles. The van der Waals surface area contributed by atoms with E-state index in [2.05, 4.69) is 0 Å². The van der Waals surface area contributed by atoms with Crippen LogP contribution in [0, 0.1) is 6.92 Å². The van der Waals surface area contributed by atoms with Gasteiger partial charge >= 0.3 is 0 Å². The highest BCUT2D eigenvalue weighted by Gasteiger charge is 2.12. The Bertz CT molecular complexity index is 315. The van der Waals surface area contributed by atoms with Crippen molar-refractivity contribution < 1.29 is 10.2 Å². The van der Waals surface area contributed by atoms with Gasteiger partial charge in [-0.1, -0.05) is 11.6 Å². The summed E-state index contributed by atoms with van der Waals surface area (Å²) in [4.78, 5) is 0. The van der Waals surface area contributed by atoms with E-state index in [0.29, 0.717) is 10.6 Å². The van der Waals surface area contributed by atoms with Gasteiger partial charge in [0.25, 0.3) is 0 Å². The number of benzene rings is 1. The van der Waals surface area contributed by atoms with Crippen LogP contribution in [0.3, 0.4) is 0 Å². The van der Waals surface area contributed by atoms with Gasteiger partial charge < -0.3 is 15.9 Å². The Labute approximate surface area is 81.8 Å². The van der Waals surface area contributed by atoms with Crippen LogP contribution < -0.4 is 5.73 Å². The Hall–Kier alpha value is -0.770. The summed E-state index contributed by atoms with van der Waals surface area (Å²) in [5.74, 6) is 0.0874. The topological polar surface area (TPSA) is 66.5 Å². The van der Waals surface area contributed by atoms with Crippen LogP contribution in [-0.2, 0) is 0 Å². The van der Waals surface area contributed by atoms with E-state index in [9.17, 15) is 10.2 Å². The van der Waals surface area contributed by atoms with Gasteiger partial charge in [0.2, 0.25) is 0 Å². The third kappa shape index (κ3) is 2.12. The van der Waals surface area contributed by atoms with E-state index in [1.54, 1.807) is 6.92 Å². The molecular weight excluding hydrogens is 190 g/mol. The van der Waals surface area contributed by atoms with Crippen LogP contribution >= 0.6 is 11.6 Å². The molecule has 0 aliphatic carbocycles. The number of hydrogen-bond acceptors (Lipinski definition) is 3. The molecule has 1 aromatic carbocycles. The van der Waals surface area contributed by atoms with Crippen LogP contribution in [0.25, 0.3) is 0 Å². The van der Waals surface area contributed by atoms with Gasteiger partial charge in [0, 0.05) is 17.1 Å². The molecule has 1 atom stereocenters. The Morgan fingerprint density at radius 3 is 2.69 bits per heavy atom. The highest BCUT2D eigenvalue weighted by atomic mass is 35.5. The lowest BCUT2D eigenvalue weighted by Gasteiger charge is -2.12. The van der Waals surface area contributed by atoms with Crippen molar-refractivity contribution in [2.75, 3.05) is 6.54 Å². The molecule has 4 heteroatoms. The Morgan fingerprint density at radius 1 is 1.54 bits per heavy atom. The first-order chi connectivity index (χ1) is 6.06. The lowest BCUT2D eigenvalue weighted by atomic mass is 10.1. The number of aryl methyl sites for hydroxylation is 1. The summed E-state index contributed by atoms with van der Waals surface area (Å²) in [6.45, 7) is 1.84. The highest BCUT2D eigenvalue weighted by Crippen LogP contribution is 2.29. The number of aliphatic hydroxyl groups excluding tert-OH is 1. The molecule has 0 spiro atoms. The first-order valence-corrected chi connectivity index (χ1v) is 4.31. The molecule has 0 radical (unpaired) electrons. The Kier molecular flexibility index (Phi) is 3.14. The summed E-state index contributed by atoms with van der Waals surface area (Å²) in [5, 5.41) is 19.1. The number of phenolic OH excluding ortho intramolecular Hbond substituents is 1. The third-order valence-corrected chi connectivity index (χ3v) is 2.37. The molecule has 0 bridgehead atoms. The van der Waals surface area contributed by atoms with Crippen molar-refractivity contribution in [3.8, 4) is 5.75 Å². The number of phenols is 1. The molecule has 0 saturated carbocycles. The quantitative estimate of drug-likeness (QED) is 0.677. The van der Waals surface area contributed by atoms with Crippen LogP contribution in [0.4, 0.5) is 0 Å². The molecule has 0 aromatic heterocycles. The summed E-state index contributed by atoms with van der Waals surface area (Å²) in [7, 11) is 0. The fourth-order valence-electron chi connectivity index (χ4n) is 1.15. The van der Waals surface area contributed by atoms with Crippen molar-refractivity contribution in [1.82, 2.24) is 0 Å². The maximum atomic E-state index is 9.44. The largest absolute Gasteiger partial charge is 0.508 e. The molecule has 1 rings (SSSR count). The molecule has 1 aromatic rings. The smallest absolute Gasteiger partial charge is 0.116 e. The number of nitrogens with two attached hydrogens (primary N) is 1. The SMILES string of the molecule is Cc1cc(O)cc(C(O)CN)c1Cl. The predicted molar refractivity (Wildman–Crippen MR) is 51.9 cm³/mol. The van der Waals surface area contributed by atoms with Crippen molar-refractivity contribution in [1.29, 1.82) is 0 Å². The second kappa shape index (κ2) is 3.96. The highest BCUT2D eigenvalue weighted by molar-refractivity contribution is 6.32. The van der Waals surface area contributed by atoms with Crippen molar-refractivity contribution in [2.45, 2.75) is 13.0 Å². The molecule has 1 unspecified atom stereocenters. The Balaban J connectivity index is 3.20. The minimum atomic E-state index is -0.821. The van der Waals surface area contributed by atoms with E-state index < -0.39 is 6.10 Å². The van der Waals surface area contributed by atoms with Crippen molar-refractivity contribution in [2.24, 2.45) is 5.73 Å². The molecule has 0 saturated heterocycles. The molecule has 0 fully saturated rings. The normalized spacial score (nSPS) is 12.9. The van der Waals surface area contributed by atoms with Gasteiger partial charge in [-0.3, -0.25) is 0 Å².